The van der Waals surface area contributed by atoms with E-state index < -0.39 is 5.41 Å². The van der Waals surface area contributed by atoms with Crippen molar-refractivity contribution in [3.05, 3.63) is 101 Å². The van der Waals surface area contributed by atoms with Crippen molar-refractivity contribution in [2.75, 3.05) is 21.3 Å². The quantitative estimate of drug-likeness (QED) is 0.358. The first-order chi connectivity index (χ1) is 15.2. The van der Waals surface area contributed by atoms with Crippen LogP contribution in [-0.4, -0.2) is 21.3 Å². The molecule has 0 amide bonds. The van der Waals surface area contributed by atoms with Gasteiger partial charge in [0.2, 0.25) is 0 Å². The largest absolute Gasteiger partial charge is 0.497 e. The molecule has 3 nitrogen and oxygen atoms in total. The topological polar surface area (TPSA) is 27.7 Å². The van der Waals surface area contributed by atoms with Crippen molar-refractivity contribution in [3.8, 4) is 39.5 Å². The SMILES string of the molecule is COc1ccc2c(c1)C1(c3ccccc3-c3ccccc31)c1cc(OC)c(OC)cc1-2. The summed E-state index contributed by atoms with van der Waals surface area (Å²) in [5.74, 6) is 2.33. The smallest absolute Gasteiger partial charge is 0.161 e. The predicted octanol–water partition coefficient (Wildman–Crippen LogP) is 6.06. The third-order valence-corrected chi connectivity index (χ3v) is 6.80. The van der Waals surface area contributed by atoms with Gasteiger partial charge < -0.3 is 14.2 Å². The molecule has 1 spiro atoms. The zero-order valence-electron chi connectivity index (χ0n) is 17.7. The van der Waals surface area contributed by atoms with Gasteiger partial charge >= 0.3 is 0 Å². The molecule has 2 aliphatic rings. The maximum atomic E-state index is 5.73. The molecule has 0 heterocycles. The van der Waals surface area contributed by atoms with Crippen LogP contribution in [0.2, 0.25) is 0 Å². The fraction of sp³-hybridized carbons (Fsp3) is 0.143. The molecule has 6 rings (SSSR count). The zero-order valence-corrected chi connectivity index (χ0v) is 17.7. The molecule has 4 aromatic carbocycles. The summed E-state index contributed by atoms with van der Waals surface area (Å²) in [5, 5.41) is 0. The molecule has 0 saturated heterocycles. The van der Waals surface area contributed by atoms with E-state index in [9.17, 15) is 0 Å². The number of ether oxygens (including phenoxy) is 3. The molecule has 31 heavy (non-hydrogen) atoms. The normalized spacial score (nSPS) is 13.9. The molecule has 3 heteroatoms. The average molecular weight is 406 g/mol. The van der Waals surface area contributed by atoms with Crippen molar-refractivity contribution >= 4 is 0 Å². The Morgan fingerprint density at radius 3 is 1.65 bits per heavy atom. The summed E-state index contributed by atoms with van der Waals surface area (Å²) in [7, 11) is 5.10. The molecule has 0 fully saturated rings. The number of hydrogen-bond donors (Lipinski definition) is 0. The van der Waals surface area contributed by atoms with Crippen LogP contribution in [-0.2, 0) is 5.41 Å². The molecule has 0 radical (unpaired) electrons. The molecule has 0 N–H and O–H groups in total. The molecule has 0 atom stereocenters. The van der Waals surface area contributed by atoms with Crippen LogP contribution in [0.5, 0.6) is 17.2 Å². The van der Waals surface area contributed by atoms with Gasteiger partial charge in [-0.05, 0) is 68.8 Å². The van der Waals surface area contributed by atoms with E-state index in [2.05, 4.69) is 72.8 Å². The standard InChI is InChI=1S/C28H22O3/c1-29-17-12-13-20-21-15-26(30-2)27(31-3)16-25(21)28(24(20)14-17)22-10-6-4-8-18(22)19-9-5-7-11-23(19)28/h4-16H,1-3H3. The van der Waals surface area contributed by atoms with Crippen LogP contribution < -0.4 is 14.2 Å². The molecule has 0 unspecified atom stereocenters. The van der Waals surface area contributed by atoms with Crippen LogP contribution >= 0.6 is 0 Å². The number of benzene rings is 4. The number of methoxy groups -OCH3 is 3. The molecule has 152 valence electrons. The maximum Gasteiger partial charge on any atom is 0.161 e. The Balaban J connectivity index is 1.83. The van der Waals surface area contributed by atoms with Crippen LogP contribution in [0.4, 0.5) is 0 Å². The Labute approximate surface area is 181 Å². The van der Waals surface area contributed by atoms with Gasteiger partial charge in [0.25, 0.3) is 0 Å². The van der Waals surface area contributed by atoms with Gasteiger partial charge in [0, 0.05) is 0 Å². The molecule has 2 aliphatic carbocycles. The first-order valence-corrected chi connectivity index (χ1v) is 10.4. The highest BCUT2D eigenvalue weighted by Crippen LogP contribution is 2.64. The number of rotatable bonds is 3. The minimum Gasteiger partial charge on any atom is -0.497 e. The highest BCUT2D eigenvalue weighted by atomic mass is 16.5. The highest BCUT2D eigenvalue weighted by molar-refractivity contribution is 5.95. The lowest BCUT2D eigenvalue weighted by atomic mass is 9.70. The van der Waals surface area contributed by atoms with Gasteiger partial charge in [-0.25, -0.2) is 0 Å². The first kappa shape index (κ1) is 18.1. The van der Waals surface area contributed by atoms with Gasteiger partial charge in [-0.15, -0.1) is 0 Å². The molecule has 0 bridgehead atoms. The number of fused-ring (bicyclic) bond motifs is 10. The molecule has 0 saturated carbocycles. The van der Waals surface area contributed by atoms with E-state index in [1.54, 1.807) is 21.3 Å². The monoisotopic (exact) mass is 406 g/mol. The minimum atomic E-state index is -0.425. The molecule has 0 aromatic heterocycles. The van der Waals surface area contributed by atoms with E-state index in [0.717, 1.165) is 17.2 Å². The van der Waals surface area contributed by atoms with Crippen LogP contribution in [0.15, 0.2) is 78.9 Å². The zero-order chi connectivity index (χ0) is 21.2. The summed E-state index contributed by atoms with van der Waals surface area (Å²) in [5.41, 5.74) is 9.51. The summed E-state index contributed by atoms with van der Waals surface area (Å²) >= 11 is 0. The predicted molar refractivity (Wildman–Crippen MR) is 122 cm³/mol. The van der Waals surface area contributed by atoms with E-state index in [1.165, 1.54) is 44.5 Å². The summed E-state index contributed by atoms with van der Waals surface area (Å²) in [6.45, 7) is 0. The third-order valence-electron chi connectivity index (χ3n) is 6.80. The van der Waals surface area contributed by atoms with E-state index >= 15 is 0 Å². The lowest BCUT2D eigenvalue weighted by molar-refractivity contribution is 0.354. The van der Waals surface area contributed by atoms with Gasteiger partial charge in [0.05, 0.1) is 26.7 Å². The Morgan fingerprint density at radius 2 is 1.03 bits per heavy atom. The molecule has 4 aromatic rings. The van der Waals surface area contributed by atoms with Gasteiger partial charge in [-0.2, -0.15) is 0 Å². The fourth-order valence-corrected chi connectivity index (χ4v) is 5.57. The molecule has 0 aliphatic heterocycles. The summed E-state index contributed by atoms with van der Waals surface area (Å²) in [4.78, 5) is 0. The second kappa shape index (κ2) is 6.39. The van der Waals surface area contributed by atoms with Gasteiger partial charge in [0.1, 0.15) is 5.75 Å². The van der Waals surface area contributed by atoms with Crippen LogP contribution in [0, 0.1) is 0 Å². The lowest BCUT2D eigenvalue weighted by Gasteiger charge is -2.30. The summed E-state index contributed by atoms with van der Waals surface area (Å²) < 4.78 is 17.1. The lowest BCUT2D eigenvalue weighted by Crippen LogP contribution is -2.26. The Kier molecular flexibility index (Phi) is 3.73. The Bertz CT molecular complexity index is 1310. The Morgan fingerprint density at radius 1 is 0.484 bits per heavy atom. The first-order valence-electron chi connectivity index (χ1n) is 10.4. The van der Waals surface area contributed by atoms with Crippen molar-refractivity contribution in [2.45, 2.75) is 5.41 Å². The van der Waals surface area contributed by atoms with Gasteiger partial charge in [0.15, 0.2) is 11.5 Å². The highest BCUT2D eigenvalue weighted by Gasteiger charge is 2.52. The van der Waals surface area contributed by atoms with Crippen molar-refractivity contribution in [1.29, 1.82) is 0 Å². The second-order valence-corrected chi connectivity index (χ2v) is 8.01. The van der Waals surface area contributed by atoms with Crippen molar-refractivity contribution in [1.82, 2.24) is 0 Å². The summed E-state index contributed by atoms with van der Waals surface area (Å²) in [6, 6.07) is 28.1. The van der Waals surface area contributed by atoms with Crippen LogP contribution in [0.25, 0.3) is 22.3 Å². The van der Waals surface area contributed by atoms with Gasteiger partial charge in [-0.1, -0.05) is 54.6 Å². The minimum absolute atomic E-state index is 0.425. The molecular weight excluding hydrogens is 384 g/mol. The maximum absolute atomic E-state index is 5.73. The van der Waals surface area contributed by atoms with Crippen molar-refractivity contribution in [2.24, 2.45) is 0 Å². The fourth-order valence-electron chi connectivity index (χ4n) is 5.57. The van der Waals surface area contributed by atoms with Crippen molar-refractivity contribution < 1.29 is 14.2 Å². The van der Waals surface area contributed by atoms with E-state index in [4.69, 9.17) is 14.2 Å². The molecular formula is C28H22O3. The third kappa shape index (κ3) is 2.13. The van der Waals surface area contributed by atoms with E-state index in [-0.39, 0.29) is 0 Å². The van der Waals surface area contributed by atoms with Crippen LogP contribution in [0.3, 0.4) is 0 Å². The average Bonchev–Trinajstić information content (AvgIpc) is 3.29. The Hall–Kier alpha value is -3.72. The number of hydrogen-bond acceptors (Lipinski definition) is 3. The van der Waals surface area contributed by atoms with Crippen molar-refractivity contribution in [3.63, 3.8) is 0 Å². The van der Waals surface area contributed by atoms with E-state index in [0.29, 0.717) is 0 Å². The van der Waals surface area contributed by atoms with Crippen LogP contribution in [0.1, 0.15) is 22.3 Å². The second-order valence-electron chi connectivity index (χ2n) is 8.01. The summed E-state index contributed by atoms with van der Waals surface area (Å²) in [6.07, 6.45) is 0. The van der Waals surface area contributed by atoms with Gasteiger partial charge in [-0.3, -0.25) is 0 Å². The van der Waals surface area contributed by atoms with E-state index in [1.807, 2.05) is 6.07 Å².